The summed E-state index contributed by atoms with van der Waals surface area (Å²) >= 11 is 1.43. The molecule has 1 aliphatic heterocycles. The maximum absolute atomic E-state index is 13.1. The van der Waals surface area contributed by atoms with Gasteiger partial charge in [0.2, 0.25) is 0 Å². The Balaban J connectivity index is 1.47. The topological polar surface area (TPSA) is 89.7 Å². The zero-order valence-corrected chi connectivity index (χ0v) is 15.6. The Labute approximate surface area is 162 Å². The average Bonchev–Trinajstić information content (AvgIpc) is 3.32. The van der Waals surface area contributed by atoms with Crippen molar-refractivity contribution in [3.8, 4) is 10.8 Å². The van der Waals surface area contributed by atoms with Crippen LogP contribution in [0.15, 0.2) is 36.8 Å². The second kappa shape index (κ2) is 6.41. The molecule has 1 aliphatic rings. The van der Waals surface area contributed by atoms with Crippen molar-refractivity contribution in [1.82, 2.24) is 34.6 Å². The summed E-state index contributed by atoms with van der Waals surface area (Å²) in [6.07, 6.45) is 3.16. The fourth-order valence-corrected chi connectivity index (χ4v) is 4.24. The van der Waals surface area contributed by atoms with Crippen molar-refractivity contribution in [3.05, 3.63) is 54.0 Å². The number of nitrogens with zero attached hydrogens (tertiary/aromatic N) is 7. The Morgan fingerprint density at radius 1 is 1.21 bits per heavy atom. The van der Waals surface area contributed by atoms with Crippen LogP contribution in [0.5, 0.6) is 0 Å². The van der Waals surface area contributed by atoms with Gasteiger partial charge in [-0.2, -0.15) is 0 Å². The molecule has 4 heterocycles. The number of thiazole rings is 1. The minimum absolute atomic E-state index is 0.154. The Hall–Kier alpha value is -3.27. The van der Waals surface area contributed by atoms with Gasteiger partial charge in [-0.3, -0.25) is 4.79 Å². The van der Waals surface area contributed by atoms with E-state index in [1.807, 2.05) is 11.5 Å². The summed E-state index contributed by atoms with van der Waals surface area (Å²) in [5.41, 5.74) is 1.17. The van der Waals surface area contributed by atoms with E-state index in [2.05, 4.69) is 25.1 Å². The van der Waals surface area contributed by atoms with Gasteiger partial charge in [-0.25, -0.2) is 19.3 Å². The first-order valence-electron chi connectivity index (χ1n) is 8.68. The molecule has 1 unspecified atom stereocenters. The van der Waals surface area contributed by atoms with E-state index in [-0.39, 0.29) is 17.8 Å². The van der Waals surface area contributed by atoms with Crippen molar-refractivity contribution in [2.45, 2.75) is 19.5 Å². The predicted molar refractivity (Wildman–Crippen MR) is 100 cm³/mol. The molecule has 0 fully saturated rings. The number of aromatic nitrogens is 6. The lowest BCUT2D eigenvalue weighted by Crippen LogP contribution is -2.41. The van der Waals surface area contributed by atoms with Gasteiger partial charge in [-0.05, 0) is 31.2 Å². The minimum atomic E-state index is -0.367. The van der Waals surface area contributed by atoms with E-state index in [0.29, 0.717) is 30.3 Å². The molecular weight excluding hydrogens is 381 g/mol. The summed E-state index contributed by atoms with van der Waals surface area (Å²) in [5, 5.41) is 9.35. The van der Waals surface area contributed by atoms with Gasteiger partial charge in [0.25, 0.3) is 5.91 Å². The first kappa shape index (κ1) is 16.9. The van der Waals surface area contributed by atoms with Crippen molar-refractivity contribution >= 4 is 27.6 Å². The largest absolute Gasteiger partial charge is 0.327 e. The van der Waals surface area contributed by atoms with Crippen LogP contribution >= 0.6 is 11.3 Å². The molecule has 8 nitrogen and oxygen atoms in total. The molecule has 0 saturated heterocycles. The van der Waals surface area contributed by atoms with Gasteiger partial charge in [0.15, 0.2) is 16.7 Å². The van der Waals surface area contributed by atoms with E-state index in [0.717, 1.165) is 15.4 Å². The minimum Gasteiger partial charge on any atom is -0.327 e. The summed E-state index contributed by atoms with van der Waals surface area (Å²) in [7, 11) is 0. The summed E-state index contributed by atoms with van der Waals surface area (Å²) in [6.45, 7) is 2.96. The molecule has 140 valence electrons. The highest BCUT2D eigenvalue weighted by Gasteiger charge is 2.32. The van der Waals surface area contributed by atoms with Crippen molar-refractivity contribution in [2.75, 3.05) is 6.54 Å². The Morgan fingerprint density at radius 2 is 2.04 bits per heavy atom. The molecule has 3 aromatic heterocycles. The molecule has 4 aromatic rings. The number of carbonyl (C=O) groups is 1. The van der Waals surface area contributed by atoms with E-state index < -0.39 is 0 Å². The maximum Gasteiger partial charge on any atom is 0.254 e. The normalized spacial score (nSPS) is 16.4. The first-order chi connectivity index (χ1) is 13.6. The molecule has 5 rings (SSSR count). The zero-order chi connectivity index (χ0) is 19.3. The molecule has 0 aliphatic carbocycles. The van der Waals surface area contributed by atoms with Crippen LogP contribution in [0.4, 0.5) is 4.39 Å². The lowest BCUT2D eigenvalue weighted by molar-refractivity contribution is 0.0638. The maximum atomic E-state index is 13.1. The Bertz CT molecular complexity index is 1150. The molecule has 0 N–H and O–H groups in total. The van der Waals surface area contributed by atoms with E-state index in [4.69, 9.17) is 0 Å². The monoisotopic (exact) mass is 395 g/mol. The molecule has 1 atom stereocenters. The highest BCUT2D eigenvalue weighted by Crippen LogP contribution is 2.32. The number of amides is 1. The standard InChI is InChI=1S/C18H14FN7OS/c1-10-14-23-24-15(17-22-13-8-20-9-21-16(13)28-17)26(14)7-6-25(10)18(27)11-2-4-12(19)5-3-11/h2-5,8-10H,6-7H2,1H3. The number of benzene rings is 1. The predicted octanol–water partition coefficient (Wildman–Crippen LogP) is 2.70. The molecule has 1 amide bonds. The summed E-state index contributed by atoms with van der Waals surface area (Å²) in [4.78, 5) is 28.1. The third kappa shape index (κ3) is 2.64. The zero-order valence-electron chi connectivity index (χ0n) is 14.8. The molecular formula is C18H14FN7OS. The van der Waals surface area contributed by atoms with E-state index in [9.17, 15) is 9.18 Å². The second-order valence-electron chi connectivity index (χ2n) is 6.45. The Kier molecular flexibility index (Phi) is 3.86. The van der Waals surface area contributed by atoms with Gasteiger partial charge >= 0.3 is 0 Å². The molecule has 28 heavy (non-hydrogen) atoms. The van der Waals surface area contributed by atoms with Crippen LogP contribution in [0, 0.1) is 5.82 Å². The third-order valence-electron chi connectivity index (χ3n) is 4.80. The third-order valence-corrected chi connectivity index (χ3v) is 5.78. The lowest BCUT2D eigenvalue weighted by Gasteiger charge is -2.33. The molecule has 0 bridgehead atoms. The summed E-state index contributed by atoms with van der Waals surface area (Å²) in [6, 6.07) is 5.31. The van der Waals surface area contributed by atoms with Crippen LogP contribution in [0.25, 0.3) is 21.2 Å². The molecule has 0 saturated carbocycles. The smallest absolute Gasteiger partial charge is 0.254 e. The molecule has 0 radical (unpaired) electrons. The van der Waals surface area contributed by atoms with Gasteiger partial charge in [0.05, 0.1) is 12.2 Å². The first-order valence-corrected chi connectivity index (χ1v) is 9.50. The number of fused-ring (bicyclic) bond motifs is 2. The fraction of sp³-hybridized carbons (Fsp3) is 0.222. The van der Waals surface area contributed by atoms with Crippen LogP contribution in [0.2, 0.25) is 0 Å². The average molecular weight is 395 g/mol. The van der Waals surface area contributed by atoms with Gasteiger partial charge < -0.3 is 9.47 Å². The highest BCUT2D eigenvalue weighted by atomic mass is 32.1. The van der Waals surface area contributed by atoms with Crippen molar-refractivity contribution in [2.24, 2.45) is 0 Å². The van der Waals surface area contributed by atoms with E-state index in [1.54, 1.807) is 11.1 Å². The Morgan fingerprint density at radius 3 is 2.82 bits per heavy atom. The number of rotatable bonds is 2. The van der Waals surface area contributed by atoms with Crippen LogP contribution in [-0.4, -0.2) is 47.1 Å². The van der Waals surface area contributed by atoms with E-state index in [1.165, 1.54) is 41.9 Å². The van der Waals surface area contributed by atoms with Gasteiger partial charge in [0, 0.05) is 18.7 Å². The molecule has 0 spiro atoms. The van der Waals surface area contributed by atoms with Gasteiger partial charge in [0.1, 0.15) is 22.5 Å². The van der Waals surface area contributed by atoms with Gasteiger partial charge in [-0.15, -0.1) is 10.2 Å². The van der Waals surface area contributed by atoms with Crippen molar-refractivity contribution < 1.29 is 9.18 Å². The van der Waals surface area contributed by atoms with Crippen molar-refractivity contribution in [3.63, 3.8) is 0 Å². The number of hydrogen-bond donors (Lipinski definition) is 0. The highest BCUT2D eigenvalue weighted by molar-refractivity contribution is 7.21. The van der Waals surface area contributed by atoms with Crippen LogP contribution in [-0.2, 0) is 6.54 Å². The molecule has 1 aromatic carbocycles. The van der Waals surface area contributed by atoms with Crippen LogP contribution in [0.3, 0.4) is 0 Å². The molecule has 10 heteroatoms. The van der Waals surface area contributed by atoms with Gasteiger partial charge in [-0.1, -0.05) is 11.3 Å². The summed E-state index contributed by atoms with van der Waals surface area (Å²) in [5.74, 6) is 0.840. The number of hydrogen-bond acceptors (Lipinski definition) is 7. The number of carbonyl (C=O) groups excluding carboxylic acids is 1. The van der Waals surface area contributed by atoms with Crippen LogP contribution in [0.1, 0.15) is 29.1 Å². The second-order valence-corrected chi connectivity index (χ2v) is 7.42. The quantitative estimate of drug-likeness (QED) is 0.518. The summed E-state index contributed by atoms with van der Waals surface area (Å²) < 4.78 is 15.1. The van der Waals surface area contributed by atoms with Crippen LogP contribution < -0.4 is 0 Å². The van der Waals surface area contributed by atoms with E-state index >= 15 is 0 Å². The fourth-order valence-electron chi connectivity index (χ4n) is 3.37. The number of halogens is 1. The SMILES string of the molecule is CC1c2nnc(-c3nc4cncnc4s3)n2CCN1C(=O)c1ccc(F)cc1. The lowest BCUT2D eigenvalue weighted by atomic mass is 10.1. The van der Waals surface area contributed by atoms with Crippen molar-refractivity contribution in [1.29, 1.82) is 0 Å².